The van der Waals surface area contributed by atoms with Gasteiger partial charge < -0.3 is 9.47 Å². The smallest absolute Gasteiger partial charge is 0.340 e. The van der Waals surface area contributed by atoms with E-state index in [1.165, 1.54) is 26.0 Å². The zero-order chi connectivity index (χ0) is 20.9. The fraction of sp³-hybridized carbons (Fsp3) is 0.421. The van der Waals surface area contributed by atoms with Gasteiger partial charge in [0.2, 0.25) is 0 Å². The van der Waals surface area contributed by atoms with Gasteiger partial charge in [0.15, 0.2) is 21.4 Å². The highest BCUT2D eigenvalue weighted by atomic mass is 32.2. The van der Waals surface area contributed by atoms with E-state index in [2.05, 4.69) is 0 Å². The van der Waals surface area contributed by atoms with Crippen LogP contribution in [0.4, 0.5) is 0 Å². The van der Waals surface area contributed by atoms with E-state index in [1.807, 2.05) is 0 Å². The maximum absolute atomic E-state index is 12.8. The molecule has 27 heavy (non-hydrogen) atoms. The molecule has 0 bridgehead atoms. The van der Waals surface area contributed by atoms with Crippen molar-refractivity contribution in [3.63, 3.8) is 0 Å². The lowest BCUT2D eigenvalue weighted by Crippen LogP contribution is -2.20. The van der Waals surface area contributed by atoms with Gasteiger partial charge in [0.05, 0.1) is 35.0 Å². The molecule has 0 aliphatic heterocycles. The van der Waals surface area contributed by atoms with Crippen LogP contribution in [0.3, 0.4) is 0 Å². The molecule has 0 saturated heterocycles. The highest BCUT2D eigenvalue weighted by Crippen LogP contribution is 2.26. The van der Waals surface area contributed by atoms with Crippen molar-refractivity contribution in [1.29, 1.82) is 0 Å². The Balaban J connectivity index is 3.67. The van der Waals surface area contributed by atoms with Crippen LogP contribution in [-0.2, 0) is 24.1 Å². The number of rotatable bonds is 8. The number of esters is 1. The van der Waals surface area contributed by atoms with E-state index in [0.29, 0.717) is 0 Å². The van der Waals surface area contributed by atoms with Gasteiger partial charge >= 0.3 is 5.97 Å². The maximum atomic E-state index is 12.8. The molecule has 0 aliphatic rings. The third kappa shape index (κ3) is 5.50. The van der Waals surface area contributed by atoms with Crippen LogP contribution in [-0.4, -0.2) is 44.9 Å². The zero-order valence-corrected chi connectivity index (χ0v) is 17.1. The predicted octanol–water partition coefficient (Wildman–Crippen LogP) is 2.66. The number of carbonyl (C=O) groups excluding carboxylic acids is 3. The molecule has 0 spiro atoms. The van der Waals surface area contributed by atoms with E-state index < -0.39 is 33.5 Å². The van der Waals surface area contributed by atoms with Crippen molar-refractivity contribution < 1.29 is 32.3 Å². The maximum Gasteiger partial charge on any atom is 0.340 e. The normalized spacial score (nSPS) is 12.0. The summed E-state index contributed by atoms with van der Waals surface area (Å²) >= 11 is 0. The van der Waals surface area contributed by atoms with E-state index in [4.69, 9.17) is 9.47 Å². The molecule has 8 heteroatoms. The van der Waals surface area contributed by atoms with Crippen LogP contribution < -0.4 is 0 Å². The molecule has 0 heterocycles. The second-order valence-corrected chi connectivity index (χ2v) is 8.19. The fourth-order valence-corrected chi connectivity index (χ4v) is 3.30. The highest BCUT2D eigenvalue weighted by Gasteiger charge is 2.28. The van der Waals surface area contributed by atoms with Crippen LogP contribution in [0.1, 0.15) is 54.0 Å². The van der Waals surface area contributed by atoms with Crippen molar-refractivity contribution in [3.05, 3.63) is 40.7 Å². The Bertz CT molecular complexity index is 893. The van der Waals surface area contributed by atoms with Crippen molar-refractivity contribution in [2.75, 3.05) is 12.9 Å². The lowest BCUT2D eigenvalue weighted by atomic mass is 9.94. The summed E-state index contributed by atoms with van der Waals surface area (Å²) in [5.74, 6) is -2.02. The third-order valence-electron chi connectivity index (χ3n) is 3.61. The van der Waals surface area contributed by atoms with Crippen LogP contribution in [0, 0.1) is 6.92 Å². The van der Waals surface area contributed by atoms with Crippen LogP contribution >= 0.6 is 0 Å². The second kappa shape index (κ2) is 8.94. The van der Waals surface area contributed by atoms with E-state index in [0.717, 1.165) is 12.5 Å². The average molecular weight is 396 g/mol. The Morgan fingerprint density at radius 1 is 1.19 bits per heavy atom. The number of benzene rings is 1. The van der Waals surface area contributed by atoms with E-state index in [-0.39, 0.29) is 33.8 Å². The van der Waals surface area contributed by atoms with Gasteiger partial charge in [-0.15, -0.1) is 0 Å². The number of allylic oxidation sites excluding steroid dienone is 1. The van der Waals surface area contributed by atoms with Crippen molar-refractivity contribution in [3.8, 4) is 0 Å². The molecule has 148 valence electrons. The number of carbonyl (C=O) groups is 3. The SMILES string of the molecule is CCO/C=C(/C(C)=O)C(=O)c1ccc(S(C)(=O)=O)c(C(=O)OC(C)C)c1C. The summed E-state index contributed by atoms with van der Waals surface area (Å²) in [4.78, 5) is 36.9. The van der Waals surface area contributed by atoms with Gasteiger partial charge in [-0.2, -0.15) is 0 Å². The number of hydrogen-bond donors (Lipinski definition) is 0. The molecule has 0 amide bonds. The first-order valence-corrected chi connectivity index (χ1v) is 10.2. The van der Waals surface area contributed by atoms with Gasteiger partial charge in [-0.25, -0.2) is 13.2 Å². The highest BCUT2D eigenvalue weighted by molar-refractivity contribution is 7.90. The van der Waals surface area contributed by atoms with Gasteiger partial charge in [-0.3, -0.25) is 9.59 Å². The van der Waals surface area contributed by atoms with Crippen molar-refractivity contribution in [2.24, 2.45) is 0 Å². The molecule has 0 aromatic heterocycles. The first-order chi connectivity index (χ1) is 12.4. The van der Waals surface area contributed by atoms with Crippen LogP contribution in [0.2, 0.25) is 0 Å². The Hall–Kier alpha value is -2.48. The summed E-state index contributed by atoms with van der Waals surface area (Å²) in [6.45, 7) is 7.88. The monoisotopic (exact) mass is 396 g/mol. The summed E-state index contributed by atoms with van der Waals surface area (Å²) in [7, 11) is -3.75. The minimum atomic E-state index is -3.75. The summed E-state index contributed by atoms with van der Waals surface area (Å²) < 4.78 is 34.4. The third-order valence-corrected chi connectivity index (χ3v) is 4.75. The molecule has 1 rings (SSSR count). The summed E-state index contributed by atoms with van der Waals surface area (Å²) in [6, 6.07) is 2.45. The van der Waals surface area contributed by atoms with Gasteiger partial charge in [-0.05, 0) is 52.3 Å². The first kappa shape index (κ1) is 22.6. The van der Waals surface area contributed by atoms with E-state index in [9.17, 15) is 22.8 Å². The molecule has 0 N–H and O–H groups in total. The molecular weight excluding hydrogens is 372 g/mol. The Morgan fingerprint density at radius 2 is 1.78 bits per heavy atom. The molecular formula is C19H24O7S. The van der Waals surface area contributed by atoms with E-state index in [1.54, 1.807) is 20.8 Å². The predicted molar refractivity (Wildman–Crippen MR) is 99.6 cm³/mol. The average Bonchev–Trinajstić information content (AvgIpc) is 2.52. The van der Waals surface area contributed by atoms with Gasteiger partial charge in [0.1, 0.15) is 0 Å². The molecule has 1 aromatic carbocycles. The molecule has 0 saturated carbocycles. The zero-order valence-electron chi connectivity index (χ0n) is 16.3. The topological polar surface area (TPSA) is 104 Å². The molecule has 0 unspecified atom stereocenters. The molecule has 0 aliphatic carbocycles. The van der Waals surface area contributed by atoms with Crippen molar-refractivity contribution in [2.45, 2.75) is 45.6 Å². The number of ether oxygens (including phenoxy) is 2. The van der Waals surface area contributed by atoms with Crippen LogP contribution in [0.15, 0.2) is 28.9 Å². The lowest BCUT2D eigenvalue weighted by Gasteiger charge is -2.16. The number of Topliss-reactive ketones (excluding diaryl/α,β-unsaturated/α-hetero) is 2. The number of hydrogen-bond acceptors (Lipinski definition) is 7. The second-order valence-electron chi connectivity index (χ2n) is 6.21. The molecule has 0 atom stereocenters. The van der Waals surface area contributed by atoms with E-state index >= 15 is 0 Å². The molecule has 1 aromatic rings. The van der Waals surface area contributed by atoms with Crippen LogP contribution in [0.25, 0.3) is 0 Å². The summed E-state index contributed by atoms with van der Waals surface area (Å²) in [6.07, 6.45) is 1.56. The van der Waals surface area contributed by atoms with Gasteiger partial charge in [-0.1, -0.05) is 0 Å². The quantitative estimate of drug-likeness (QED) is 0.166. The van der Waals surface area contributed by atoms with Crippen LogP contribution in [0.5, 0.6) is 0 Å². The lowest BCUT2D eigenvalue weighted by molar-refractivity contribution is -0.113. The largest absolute Gasteiger partial charge is 0.501 e. The molecule has 7 nitrogen and oxygen atoms in total. The number of sulfone groups is 1. The van der Waals surface area contributed by atoms with Gasteiger partial charge in [0, 0.05) is 11.8 Å². The van der Waals surface area contributed by atoms with Gasteiger partial charge in [0.25, 0.3) is 0 Å². The fourth-order valence-electron chi connectivity index (χ4n) is 2.38. The Morgan fingerprint density at radius 3 is 2.22 bits per heavy atom. The molecule has 0 fully saturated rings. The minimum Gasteiger partial charge on any atom is -0.501 e. The van der Waals surface area contributed by atoms with Crippen molar-refractivity contribution in [1.82, 2.24) is 0 Å². The summed E-state index contributed by atoms with van der Waals surface area (Å²) in [5, 5.41) is 0. The minimum absolute atomic E-state index is 0.0271. The Labute approximate surface area is 159 Å². The van der Waals surface area contributed by atoms with Crippen molar-refractivity contribution >= 4 is 27.4 Å². The Kier molecular flexibility index (Phi) is 7.47. The first-order valence-electron chi connectivity index (χ1n) is 8.33. The standard InChI is InChI=1S/C19H24O7S/c1-7-25-10-15(13(5)20)18(21)14-8-9-16(27(6,23)24)17(12(14)4)19(22)26-11(2)3/h8-11H,7H2,1-6H3/b15-10-. The summed E-state index contributed by atoms with van der Waals surface area (Å²) in [5.41, 5.74) is -0.261. The number of ketones is 2. The molecule has 0 radical (unpaired) electrons.